The number of Topliss-reactive ketones (excluding diaryl/α,β-unsaturated/α-hetero) is 1. The van der Waals surface area contributed by atoms with Crippen LogP contribution in [0.5, 0.6) is 0 Å². The summed E-state index contributed by atoms with van der Waals surface area (Å²) < 4.78 is 0. The van der Waals surface area contributed by atoms with Gasteiger partial charge in [-0.2, -0.15) is 0 Å². The maximum absolute atomic E-state index is 10.9. The lowest BCUT2D eigenvalue weighted by atomic mass is 10.1. The van der Waals surface area contributed by atoms with Crippen LogP contribution < -0.4 is 0 Å². The molecule has 1 nitrogen and oxygen atoms in total. The van der Waals surface area contributed by atoms with Crippen molar-refractivity contribution < 1.29 is 4.79 Å². The summed E-state index contributed by atoms with van der Waals surface area (Å²) in [5.41, 5.74) is 2.80. The Hall–Kier alpha value is -0.553. The fourth-order valence-electron chi connectivity index (χ4n) is 0.730. The smallest absolute Gasteiger partial charge is 0.204 e. The SMILES string of the molecule is CCCCCC(=O)C#C[Si]C. The van der Waals surface area contributed by atoms with Gasteiger partial charge in [0, 0.05) is 6.42 Å². The van der Waals surface area contributed by atoms with Gasteiger partial charge in [0.15, 0.2) is 0 Å². The van der Waals surface area contributed by atoms with E-state index < -0.39 is 0 Å². The summed E-state index contributed by atoms with van der Waals surface area (Å²) in [4.78, 5) is 10.9. The molecular formula is C9H14OSi. The van der Waals surface area contributed by atoms with E-state index in [9.17, 15) is 4.79 Å². The maximum atomic E-state index is 10.9. The number of hydrogen-bond acceptors (Lipinski definition) is 1. The van der Waals surface area contributed by atoms with Crippen LogP contribution in [0.3, 0.4) is 0 Å². The van der Waals surface area contributed by atoms with Crippen molar-refractivity contribution in [3.63, 3.8) is 0 Å². The summed E-state index contributed by atoms with van der Waals surface area (Å²) in [6.45, 7) is 4.11. The fourth-order valence-corrected chi connectivity index (χ4v) is 0.995. The van der Waals surface area contributed by atoms with Crippen molar-refractivity contribution in [1.29, 1.82) is 0 Å². The molecule has 0 amide bonds. The predicted octanol–water partition coefficient (Wildman–Crippen LogP) is 1.85. The molecule has 0 aliphatic carbocycles. The molecule has 0 spiro atoms. The van der Waals surface area contributed by atoms with Crippen molar-refractivity contribution in [3.8, 4) is 11.5 Å². The van der Waals surface area contributed by atoms with Gasteiger partial charge in [-0.1, -0.05) is 26.3 Å². The van der Waals surface area contributed by atoms with Crippen molar-refractivity contribution in [2.24, 2.45) is 0 Å². The third kappa shape index (κ3) is 7.34. The van der Waals surface area contributed by atoms with Gasteiger partial charge >= 0.3 is 0 Å². The van der Waals surface area contributed by atoms with Crippen molar-refractivity contribution in [2.75, 3.05) is 0 Å². The molecule has 0 bridgehead atoms. The van der Waals surface area contributed by atoms with E-state index in [-0.39, 0.29) is 5.78 Å². The summed E-state index contributed by atoms with van der Waals surface area (Å²) in [6.07, 6.45) is 3.94. The Labute approximate surface area is 71.4 Å². The van der Waals surface area contributed by atoms with Gasteiger partial charge in [-0.15, -0.1) is 5.54 Å². The molecule has 0 aliphatic heterocycles. The first-order valence-corrected chi connectivity index (χ1v) is 5.51. The molecule has 60 valence electrons. The van der Waals surface area contributed by atoms with E-state index in [1.54, 1.807) is 0 Å². The zero-order valence-corrected chi connectivity index (χ0v) is 8.24. The second-order valence-electron chi connectivity index (χ2n) is 2.38. The van der Waals surface area contributed by atoms with Gasteiger partial charge in [0.25, 0.3) is 0 Å². The summed E-state index contributed by atoms with van der Waals surface area (Å²) in [7, 11) is 0.574. The number of hydrogen-bond donors (Lipinski definition) is 0. The van der Waals surface area contributed by atoms with Crippen molar-refractivity contribution in [3.05, 3.63) is 0 Å². The highest BCUT2D eigenvalue weighted by Crippen LogP contribution is 1.98. The molecule has 2 heteroatoms. The molecule has 0 saturated carbocycles. The number of unbranched alkanes of at least 4 members (excludes halogenated alkanes) is 2. The molecule has 0 saturated heterocycles. The number of carbonyl (C=O) groups is 1. The summed E-state index contributed by atoms with van der Waals surface area (Å²) in [6, 6.07) is 0. The molecule has 2 radical (unpaired) electrons. The Morgan fingerprint density at radius 3 is 2.73 bits per heavy atom. The minimum absolute atomic E-state index is 0.104. The first-order chi connectivity index (χ1) is 5.31. The first kappa shape index (κ1) is 10.4. The average molecular weight is 166 g/mol. The number of ketones is 1. The molecule has 0 aromatic carbocycles. The molecule has 0 aromatic rings. The van der Waals surface area contributed by atoms with Gasteiger partial charge < -0.3 is 0 Å². The largest absolute Gasteiger partial charge is 0.285 e. The Kier molecular flexibility index (Phi) is 7.17. The van der Waals surface area contributed by atoms with Gasteiger partial charge in [0.05, 0.1) is 0 Å². The van der Waals surface area contributed by atoms with Crippen LogP contribution >= 0.6 is 0 Å². The van der Waals surface area contributed by atoms with E-state index >= 15 is 0 Å². The second-order valence-corrected chi connectivity index (χ2v) is 3.13. The van der Waals surface area contributed by atoms with E-state index in [0.29, 0.717) is 15.9 Å². The second kappa shape index (κ2) is 7.55. The third-order valence-electron chi connectivity index (χ3n) is 1.33. The summed E-state index contributed by atoms with van der Waals surface area (Å²) >= 11 is 0. The molecule has 0 heterocycles. The monoisotopic (exact) mass is 166 g/mol. The Morgan fingerprint density at radius 2 is 2.18 bits per heavy atom. The van der Waals surface area contributed by atoms with Crippen LogP contribution in [0, 0.1) is 11.5 Å². The molecule has 0 atom stereocenters. The highest BCUT2D eigenvalue weighted by molar-refractivity contribution is 6.45. The van der Waals surface area contributed by atoms with E-state index in [4.69, 9.17) is 0 Å². The summed E-state index contributed by atoms with van der Waals surface area (Å²) in [5.74, 6) is 2.72. The van der Waals surface area contributed by atoms with Crippen LogP contribution in [0.1, 0.15) is 32.6 Å². The minimum Gasteiger partial charge on any atom is -0.285 e. The maximum Gasteiger partial charge on any atom is 0.204 e. The Morgan fingerprint density at radius 1 is 1.45 bits per heavy atom. The topological polar surface area (TPSA) is 17.1 Å². The fraction of sp³-hybridized carbons (Fsp3) is 0.667. The molecule has 11 heavy (non-hydrogen) atoms. The van der Waals surface area contributed by atoms with Crippen molar-refractivity contribution >= 4 is 15.3 Å². The normalized spacial score (nSPS) is 8.55. The third-order valence-corrected chi connectivity index (χ3v) is 1.71. The zero-order chi connectivity index (χ0) is 8.53. The highest BCUT2D eigenvalue weighted by atomic mass is 28.2. The van der Waals surface area contributed by atoms with E-state index in [1.165, 1.54) is 0 Å². The lowest BCUT2D eigenvalue weighted by Gasteiger charge is -1.90. The molecule has 0 fully saturated rings. The standard InChI is InChI=1S/C9H14OSi/c1-3-4-5-6-9(10)7-8-11-2/h3-6H2,1-2H3. The van der Waals surface area contributed by atoms with Crippen LogP contribution in [-0.2, 0) is 4.79 Å². The van der Waals surface area contributed by atoms with Crippen LogP contribution in [0.4, 0.5) is 0 Å². The zero-order valence-electron chi connectivity index (χ0n) is 7.24. The van der Waals surface area contributed by atoms with E-state index in [0.717, 1.165) is 19.3 Å². The van der Waals surface area contributed by atoms with Gasteiger partial charge in [-0.3, -0.25) is 4.79 Å². The lowest BCUT2D eigenvalue weighted by Crippen LogP contribution is -1.93. The molecule has 0 N–H and O–H groups in total. The van der Waals surface area contributed by atoms with Crippen LogP contribution in [-0.4, -0.2) is 15.3 Å². The average Bonchev–Trinajstić information content (AvgIpc) is 2.01. The lowest BCUT2D eigenvalue weighted by molar-refractivity contribution is -0.113. The first-order valence-electron chi connectivity index (χ1n) is 4.01. The van der Waals surface area contributed by atoms with E-state index in [1.807, 2.05) is 6.55 Å². The van der Waals surface area contributed by atoms with Gasteiger partial charge in [0.1, 0.15) is 9.52 Å². The van der Waals surface area contributed by atoms with Gasteiger partial charge in [0.2, 0.25) is 5.78 Å². The number of carbonyl (C=O) groups excluding carboxylic acids is 1. The molecule has 0 rings (SSSR count). The quantitative estimate of drug-likeness (QED) is 0.354. The number of rotatable bonds is 4. The summed E-state index contributed by atoms with van der Waals surface area (Å²) in [5, 5.41) is 0. The molecule has 0 aliphatic rings. The van der Waals surface area contributed by atoms with Crippen molar-refractivity contribution in [2.45, 2.75) is 39.2 Å². The predicted molar refractivity (Wildman–Crippen MR) is 48.5 cm³/mol. The van der Waals surface area contributed by atoms with E-state index in [2.05, 4.69) is 18.4 Å². The molecule has 0 aromatic heterocycles. The van der Waals surface area contributed by atoms with Gasteiger partial charge in [-0.05, 0) is 12.3 Å². The Balaban J connectivity index is 3.37. The minimum atomic E-state index is 0.104. The van der Waals surface area contributed by atoms with Crippen molar-refractivity contribution in [1.82, 2.24) is 0 Å². The molecule has 0 unspecified atom stereocenters. The van der Waals surface area contributed by atoms with Crippen LogP contribution in [0.2, 0.25) is 6.55 Å². The van der Waals surface area contributed by atoms with Crippen LogP contribution in [0.25, 0.3) is 0 Å². The van der Waals surface area contributed by atoms with Gasteiger partial charge in [-0.25, -0.2) is 0 Å². The molecular weight excluding hydrogens is 152 g/mol. The Bertz CT molecular complexity index is 164. The highest BCUT2D eigenvalue weighted by Gasteiger charge is 1.94. The van der Waals surface area contributed by atoms with Crippen LogP contribution in [0.15, 0.2) is 0 Å².